The maximum Gasteiger partial charge on any atom is 0.220 e. The molecule has 0 spiro atoms. The van der Waals surface area contributed by atoms with E-state index in [-0.39, 0.29) is 11.7 Å². The molecule has 0 saturated heterocycles. The molecule has 8 nitrogen and oxygen atoms in total. The second-order valence-electron chi connectivity index (χ2n) is 6.28. The third kappa shape index (κ3) is 5.46. The number of aromatic nitrogens is 4. The zero-order chi connectivity index (χ0) is 19.8. The van der Waals surface area contributed by atoms with E-state index in [2.05, 4.69) is 25.9 Å². The molecule has 0 aliphatic heterocycles. The minimum Gasteiger partial charge on any atom is -0.385 e. The largest absolute Gasteiger partial charge is 0.385 e. The smallest absolute Gasteiger partial charge is 0.220 e. The summed E-state index contributed by atoms with van der Waals surface area (Å²) in [5.41, 5.74) is 1.56. The zero-order valence-electron chi connectivity index (χ0n) is 15.7. The van der Waals surface area contributed by atoms with E-state index in [1.54, 1.807) is 35.9 Å². The van der Waals surface area contributed by atoms with Crippen molar-refractivity contribution >= 4 is 17.4 Å². The third-order valence-corrected chi connectivity index (χ3v) is 4.14. The van der Waals surface area contributed by atoms with Crippen LogP contribution in [0.3, 0.4) is 0 Å². The Morgan fingerprint density at radius 2 is 2.00 bits per heavy atom. The van der Waals surface area contributed by atoms with Crippen LogP contribution in [-0.2, 0) is 22.5 Å². The number of rotatable bonds is 10. The van der Waals surface area contributed by atoms with Crippen molar-refractivity contribution in [1.82, 2.24) is 25.1 Å². The Labute approximate surface area is 162 Å². The topological polar surface area (TPSA) is 93.4 Å². The summed E-state index contributed by atoms with van der Waals surface area (Å²) >= 11 is 0. The summed E-state index contributed by atoms with van der Waals surface area (Å²) in [5, 5.41) is 18.7. The normalized spacial score (nSPS) is 10.9. The van der Waals surface area contributed by atoms with E-state index >= 15 is 0 Å². The van der Waals surface area contributed by atoms with Crippen molar-refractivity contribution < 1.29 is 13.9 Å². The number of amides is 1. The third-order valence-electron chi connectivity index (χ3n) is 4.14. The monoisotopic (exact) mass is 386 g/mol. The lowest BCUT2D eigenvalue weighted by molar-refractivity contribution is -0.121. The summed E-state index contributed by atoms with van der Waals surface area (Å²) < 4.78 is 19.6. The molecule has 2 heterocycles. The number of nitrogens with one attached hydrogen (secondary N) is 2. The average molecular weight is 386 g/mol. The number of carbonyl (C=O) groups is 1. The molecule has 9 heteroatoms. The molecular weight excluding hydrogens is 363 g/mol. The molecule has 0 unspecified atom stereocenters. The first-order valence-corrected chi connectivity index (χ1v) is 9.11. The van der Waals surface area contributed by atoms with E-state index in [0.29, 0.717) is 49.8 Å². The first-order valence-electron chi connectivity index (χ1n) is 9.11. The van der Waals surface area contributed by atoms with Crippen LogP contribution in [0.4, 0.5) is 10.2 Å². The molecule has 28 heavy (non-hydrogen) atoms. The summed E-state index contributed by atoms with van der Waals surface area (Å²) in [6, 6.07) is 9.89. The lowest BCUT2D eigenvalue weighted by atomic mass is 10.2. The maximum atomic E-state index is 13.0. The van der Waals surface area contributed by atoms with E-state index in [9.17, 15) is 9.18 Å². The number of ether oxygens (including phenoxy) is 1. The van der Waals surface area contributed by atoms with Crippen LogP contribution in [-0.4, -0.2) is 46.0 Å². The van der Waals surface area contributed by atoms with Crippen molar-refractivity contribution in [3.05, 3.63) is 53.6 Å². The molecule has 3 rings (SSSR count). The predicted molar refractivity (Wildman–Crippen MR) is 102 cm³/mol. The number of fused-ring (bicyclic) bond motifs is 1. The Kier molecular flexibility index (Phi) is 6.85. The summed E-state index contributed by atoms with van der Waals surface area (Å²) in [4.78, 5) is 11.9. The van der Waals surface area contributed by atoms with Gasteiger partial charge >= 0.3 is 0 Å². The maximum absolute atomic E-state index is 13.0. The van der Waals surface area contributed by atoms with Gasteiger partial charge in [0, 0.05) is 39.6 Å². The van der Waals surface area contributed by atoms with Crippen LogP contribution in [0.2, 0.25) is 0 Å². The van der Waals surface area contributed by atoms with Crippen molar-refractivity contribution in [1.29, 1.82) is 0 Å². The summed E-state index contributed by atoms with van der Waals surface area (Å²) in [6.45, 7) is 1.72. The quantitative estimate of drug-likeness (QED) is 0.518. The van der Waals surface area contributed by atoms with E-state index in [0.717, 1.165) is 12.0 Å². The fraction of sp³-hybridized carbons (Fsp3) is 0.368. The molecule has 0 saturated carbocycles. The number of aryl methyl sites for hydroxylation is 1. The molecule has 2 aromatic heterocycles. The summed E-state index contributed by atoms with van der Waals surface area (Å²) in [7, 11) is 1.63. The molecule has 0 atom stereocenters. The zero-order valence-corrected chi connectivity index (χ0v) is 15.7. The number of nitrogens with zero attached hydrogens (tertiary/aromatic N) is 4. The van der Waals surface area contributed by atoms with Crippen molar-refractivity contribution in [3.63, 3.8) is 0 Å². The Bertz CT molecular complexity index is 912. The van der Waals surface area contributed by atoms with Crippen molar-refractivity contribution in [3.8, 4) is 0 Å². The Balaban J connectivity index is 1.57. The van der Waals surface area contributed by atoms with Crippen LogP contribution in [0.15, 0.2) is 36.4 Å². The van der Waals surface area contributed by atoms with Gasteiger partial charge in [0.2, 0.25) is 5.91 Å². The number of hydrogen-bond donors (Lipinski definition) is 2. The lowest BCUT2D eigenvalue weighted by Crippen LogP contribution is -2.25. The van der Waals surface area contributed by atoms with E-state index < -0.39 is 0 Å². The standard InChI is InChI=1S/C19H23FN6O2/c1-28-12-2-11-21-19(27)10-9-18-24-23-17-8-7-16(25-26(17)18)22-13-14-3-5-15(20)6-4-14/h3-8H,2,9-13H2,1H3,(H,21,27)(H,22,25). The van der Waals surface area contributed by atoms with Gasteiger partial charge in [-0.05, 0) is 36.2 Å². The van der Waals surface area contributed by atoms with Gasteiger partial charge in [0.25, 0.3) is 0 Å². The number of hydrogen-bond acceptors (Lipinski definition) is 6. The van der Waals surface area contributed by atoms with Crippen LogP contribution in [0, 0.1) is 5.82 Å². The molecule has 0 fully saturated rings. The molecule has 0 aliphatic rings. The summed E-state index contributed by atoms with van der Waals surface area (Å²) in [5.74, 6) is 0.952. The van der Waals surface area contributed by atoms with Crippen LogP contribution in [0.5, 0.6) is 0 Å². The second-order valence-corrected chi connectivity index (χ2v) is 6.28. The fourth-order valence-corrected chi connectivity index (χ4v) is 2.64. The lowest BCUT2D eigenvalue weighted by Gasteiger charge is -2.07. The minimum atomic E-state index is -0.264. The molecule has 3 aromatic rings. The van der Waals surface area contributed by atoms with E-state index in [4.69, 9.17) is 4.74 Å². The molecule has 1 aromatic carbocycles. The Morgan fingerprint density at radius 1 is 1.18 bits per heavy atom. The van der Waals surface area contributed by atoms with Gasteiger partial charge in [0.15, 0.2) is 11.5 Å². The molecule has 1 amide bonds. The number of methoxy groups -OCH3 is 1. The highest BCUT2D eigenvalue weighted by atomic mass is 19.1. The Morgan fingerprint density at radius 3 is 2.79 bits per heavy atom. The van der Waals surface area contributed by atoms with Crippen molar-refractivity contribution in [2.45, 2.75) is 25.8 Å². The predicted octanol–water partition coefficient (Wildman–Crippen LogP) is 1.96. The first-order chi connectivity index (χ1) is 13.7. The number of anilines is 1. The highest BCUT2D eigenvalue weighted by Crippen LogP contribution is 2.11. The molecule has 0 aliphatic carbocycles. The van der Waals surface area contributed by atoms with Crippen LogP contribution < -0.4 is 10.6 Å². The van der Waals surface area contributed by atoms with Gasteiger partial charge in [0.05, 0.1) is 0 Å². The van der Waals surface area contributed by atoms with Crippen LogP contribution in [0.1, 0.15) is 24.2 Å². The first kappa shape index (κ1) is 19.7. The number of benzene rings is 1. The Hall–Kier alpha value is -3.07. The van der Waals surface area contributed by atoms with Crippen LogP contribution >= 0.6 is 0 Å². The fourth-order valence-electron chi connectivity index (χ4n) is 2.64. The van der Waals surface area contributed by atoms with Gasteiger partial charge in [0.1, 0.15) is 11.6 Å². The van der Waals surface area contributed by atoms with Gasteiger partial charge in [-0.25, -0.2) is 4.39 Å². The molecule has 2 N–H and O–H groups in total. The van der Waals surface area contributed by atoms with Gasteiger partial charge < -0.3 is 15.4 Å². The molecule has 0 bridgehead atoms. The molecule has 0 radical (unpaired) electrons. The highest BCUT2D eigenvalue weighted by Gasteiger charge is 2.10. The van der Waals surface area contributed by atoms with E-state index in [1.807, 2.05) is 0 Å². The second kappa shape index (κ2) is 9.75. The van der Waals surface area contributed by atoms with Crippen molar-refractivity contribution in [2.75, 3.05) is 25.6 Å². The molecular formula is C19H23FN6O2. The average Bonchev–Trinajstić information content (AvgIpc) is 3.11. The molecule has 148 valence electrons. The summed E-state index contributed by atoms with van der Waals surface area (Å²) in [6.07, 6.45) is 1.52. The van der Waals surface area contributed by atoms with Gasteiger partial charge in [-0.15, -0.1) is 15.3 Å². The van der Waals surface area contributed by atoms with Gasteiger partial charge in [-0.2, -0.15) is 4.52 Å². The van der Waals surface area contributed by atoms with Gasteiger partial charge in [-0.1, -0.05) is 12.1 Å². The SMILES string of the molecule is COCCCNC(=O)CCc1nnc2ccc(NCc3ccc(F)cc3)nn12. The number of halogens is 1. The highest BCUT2D eigenvalue weighted by molar-refractivity contribution is 5.76. The van der Waals surface area contributed by atoms with Crippen molar-refractivity contribution in [2.24, 2.45) is 0 Å². The van der Waals surface area contributed by atoms with Crippen LogP contribution in [0.25, 0.3) is 5.65 Å². The minimum absolute atomic E-state index is 0.0431. The van der Waals surface area contributed by atoms with Gasteiger partial charge in [-0.3, -0.25) is 4.79 Å². The number of carbonyl (C=O) groups excluding carboxylic acids is 1. The van der Waals surface area contributed by atoms with E-state index in [1.165, 1.54) is 12.1 Å².